The van der Waals surface area contributed by atoms with Gasteiger partial charge in [0, 0.05) is 0 Å². The second-order valence-electron chi connectivity index (χ2n) is 0.676. The Morgan fingerprint density at radius 2 is 2.50 bits per heavy atom. The van der Waals surface area contributed by atoms with Crippen LogP contribution in [0.25, 0.3) is 0 Å². The lowest BCUT2D eigenvalue weighted by Gasteiger charge is -1.72. The average Bonchev–Trinajstić information content (AvgIpc) is 1.35. The molecule has 0 aliphatic heterocycles. The second-order valence-corrected chi connectivity index (χ2v) is 1.04. The van der Waals surface area contributed by atoms with Gasteiger partial charge >= 0.3 is 0 Å². The van der Waals surface area contributed by atoms with Crippen molar-refractivity contribution in [3.05, 3.63) is 11.4 Å². The van der Waals surface area contributed by atoms with Gasteiger partial charge in [0.2, 0.25) is 0 Å². The molecule has 0 radical (unpaired) electrons. The highest BCUT2D eigenvalue weighted by atomic mass is 35.5. The maximum Gasteiger partial charge on any atom is 0.187 e. The Bertz CT molecular complexity index is 57.8. The lowest BCUT2D eigenvalue weighted by Crippen LogP contribution is -1.68. The number of hydrogen-bond acceptors (Lipinski definition) is 1. The van der Waals surface area contributed by atoms with Crippen LogP contribution in [0.2, 0.25) is 0 Å². The van der Waals surface area contributed by atoms with Crippen LogP contribution in [0.1, 0.15) is 0 Å². The normalized spacial score (nSPS) is 12.2. The van der Waals surface area contributed by atoms with Crippen molar-refractivity contribution in [2.45, 2.75) is 0 Å². The van der Waals surface area contributed by atoms with Crippen molar-refractivity contribution in [3.8, 4) is 0 Å². The van der Waals surface area contributed by atoms with Gasteiger partial charge in [-0.2, -0.15) is 4.39 Å². The fourth-order valence-electron chi connectivity index (χ4n) is 0.0690. The van der Waals surface area contributed by atoms with Crippen molar-refractivity contribution in [3.63, 3.8) is 0 Å². The highest BCUT2D eigenvalue weighted by Gasteiger charge is 1.77. The van der Waals surface area contributed by atoms with Crippen molar-refractivity contribution >= 4 is 11.6 Å². The van der Waals surface area contributed by atoms with E-state index in [1.165, 1.54) is 0 Å². The lowest BCUT2D eigenvalue weighted by molar-refractivity contribution is 0.340. The molecule has 0 aliphatic rings. The summed E-state index contributed by atoms with van der Waals surface area (Å²) in [4.78, 5) is 0. The molecule has 0 aliphatic carbocycles. The van der Waals surface area contributed by atoms with E-state index in [-0.39, 0.29) is 6.61 Å². The highest BCUT2D eigenvalue weighted by molar-refractivity contribution is 6.28. The molecule has 0 rings (SSSR count). The van der Waals surface area contributed by atoms with Crippen molar-refractivity contribution < 1.29 is 9.50 Å². The molecule has 1 N–H and O–H groups in total. The molecule has 0 unspecified atom stereocenters. The Labute approximate surface area is 40.0 Å². The standard InChI is InChI=1S/C3H4ClFO/c4-3(5)1-2-6/h1,6H,2H2/b3-1-. The third kappa shape index (κ3) is 3.92. The van der Waals surface area contributed by atoms with Crippen LogP contribution in [0.3, 0.4) is 0 Å². The summed E-state index contributed by atoms with van der Waals surface area (Å²) in [7, 11) is 0. The van der Waals surface area contributed by atoms with Crippen molar-refractivity contribution in [1.82, 2.24) is 0 Å². The van der Waals surface area contributed by atoms with E-state index in [9.17, 15) is 4.39 Å². The second kappa shape index (κ2) is 3.12. The molecule has 6 heavy (non-hydrogen) atoms. The summed E-state index contributed by atoms with van der Waals surface area (Å²) in [5.74, 6) is 0. The van der Waals surface area contributed by atoms with E-state index in [4.69, 9.17) is 5.11 Å². The Hall–Kier alpha value is -0.0800. The van der Waals surface area contributed by atoms with Gasteiger partial charge < -0.3 is 5.11 Å². The molecule has 0 amide bonds. The number of aliphatic hydroxyl groups is 1. The van der Waals surface area contributed by atoms with E-state index in [1.807, 2.05) is 0 Å². The maximum absolute atomic E-state index is 11.2. The van der Waals surface area contributed by atoms with E-state index in [2.05, 4.69) is 11.6 Å². The smallest absolute Gasteiger partial charge is 0.187 e. The van der Waals surface area contributed by atoms with Crippen LogP contribution in [-0.2, 0) is 0 Å². The summed E-state index contributed by atoms with van der Waals surface area (Å²) in [5, 5.41) is 6.97. The molecule has 1 nitrogen and oxygen atoms in total. The first-order valence-electron chi connectivity index (χ1n) is 1.39. The van der Waals surface area contributed by atoms with Gasteiger partial charge in [0.15, 0.2) is 5.29 Å². The van der Waals surface area contributed by atoms with Crippen molar-refractivity contribution in [2.24, 2.45) is 0 Å². The Morgan fingerprint density at radius 1 is 2.00 bits per heavy atom. The molecule has 0 heterocycles. The van der Waals surface area contributed by atoms with Gasteiger partial charge in [0.05, 0.1) is 6.61 Å². The van der Waals surface area contributed by atoms with Crippen molar-refractivity contribution in [1.29, 1.82) is 0 Å². The highest BCUT2D eigenvalue weighted by Crippen LogP contribution is 1.98. The van der Waals surface area contributed by atoms with Crippen LogP contribution in [0.15, 0.2) is 11.4 Å². The zero-order valence-corrected chi connectivity index (χ0v) is 3.74. The van der Waals surface area contributed by atoms with Gasteiger partial charge in [-0.15, -0.1) is 0 Å². The lowest BCUT2D eigenvalue weighted by atomic mass is 10.7. The summed E-state index contributed by atoms with van der Waals surface area (Å²) in [5.41, 5.74) is 0. The minimum Gasteiger partial charge on any atom is -0.392 e. The van der Waals surface area contributed by atoms with Gasteiger partial charge in [-0.05, 0) is 6.08 Å². The summed E-state index contributed by atoms with van der Waals surface area (Å²) in [6, 6.07) is 0. The SMILES string of the molecule is OC/C=C(\F)Cl. The Kier molecular flexibility index (Phi) is 3.08. The van der Waals surface area contributed by atoms with E-state index in [1.54, 1.807) is 0 Å². The molecular formula is C3H4ClFO. The number of rotatable bonds is 1. The van der Waals surface area contributed by atoms with Gasteiger partial charge in [-0.25, -0.2) is 0 Å². The summed E-state index contributed by atoms with van der Waals surface area (Å²) in [6.07, 6.45) is 0.863. The molecule has 0 atom stereocenters. The fraction of sp³-hybridized carbons (Fsp3) is 0.333. The minimum absolute atomic E-state index is 0.338. The van der Waals surface area contributed by atoms with E-state index in [0.29, 0.717) is 0 Å². The molecule has 0 spiro atoms. The fourth-order valence-corrected chi connectivity index (χ4v) is 0.138. The average molecular weight is 111 g/mol. The van der Waals surface area contributed by atoms with E-state index < -0.39 is 5.29 Å². The number of halogens is 2. The van der Waals surface area contributed by atoms with Crippen molar-refractivity contribution in [2.75, 3.05) is 6.61 Å². The van der Waals surface area contributed by atoms with Crippen LogP contribution in [-0.4, -0.2) is 11.7 Å². The molecular weight excluding hydrogens is 106 g/mol. The summed E-state index contributed by atoms with van der Waals surface area (Å²) >= 11 is 4.61. The summed E-state index contributed by atoms with van der Waals surface area (Å²) < 4.78 is 11.2. The third-order valence-electron chi connectivity index (χ3n) is 0.246. The zero-order chi connectivity index (χ0) is 4.99. The van der Waals surface area contributed by atoms with E-state index in [0.717, 1.165) is 6.08 Å². The molecule has 0 aromatic heterocycles. The predicted octanol–water partition coefficient (Wildman–Crippen LogP) is 1.03. The Morgan fingerprint density at radius 3 is 2.50 bits per heavy atom. The molecule has 0 saturated heterocycles. The van der Waals surface area contributed by atoms with Crippen LogP contribution in [0.5, 0.6) is 0 Å². The Balaban J connectivity index is 3.14. The molecule has 0 fully saturated rings. The quantitative estimate of drug-likeness (QED) is 0.535. The first-order chi connectivity index (χ1) is 2.77. The van der Waals surface area contributed by atoms with Gasteiger partial charge in [-0.1, -0.05) is 11.6 Å². The molecule has 0 aromatic rings. The van der Waals surface area contributed by atoms with Crippen LogP contribution in [0, 0.1) is 0 Å². The number of hydrogen-bond donors (Lipinski definition) is 1. The predicted molar refractivity (Wildman–Crippen MR) is 22.1 cm³/mol. The van der Waals surface area contributed by atoms with Gasteiger partial charge in [0.25, 0.3) is 0 Å². The van der Waals surface area contributed by atoms with Crippen LogP contribution >= 0.6 is 11.6 Å². The first kappa shape index (κ1) is 5.92. The monoisotopic (exact) mass is 110 g/mol. The topological polar surface area (TPSA) is 20.2 Å². The van der Waals surface area contributed by atoms with Crippen LogP contribution < -0.4 is 0 Å². The third-order valence-corrected chi connectivity index (χ3v) is 0.400. The molecule has 3 heteroatoms. The van der Waals surface area contributed by atoms with Crippen LogP contribution in [0.4, 0.5) is 4.39 Å². The summed E-state index contributed by atoms with van der Waals surface area (Å²) in [6.45, 7) is -0.338. The van der Waals surface area contributed by atoms with Gasteiger partial charge in [0.1, 0.15) is 0 Å². The molecule has 0 saturated carbocycles. The number of aliphatic hydroxyl groups excluding tert-OH is 1. The minimum atomic E-state index is -0.863. The largest absolute Gasteiger partial charge is 0.392 e. The molecule has 36 valence electrons. The van der Waals surface area contributed by atoms with E-state index >= 15 is 0 Å². The molecule has 0 aromatic carbocycles. The first-order valence-corrected chi connectivity index (χ1v) is 1.77. The van der Waals surface area contributed by atoms with Gasteiger partial charge in [-0.3, -0.25) is 0 Å². The zero-order valence-electron chi connectivity index (χ0n) is 2.99. The molecule has 0 bridgehead atoms. The maximum atomic E-state index is 11.2.